The Labute approximate surface area is 148 Å². The maximum absolute atomic E-state index is 13.1. The zero-order valence-electron chi connectivity index (χ0n) is 13.7. The smallest absolute Gasteiger partial charge is 0.341 e. The van der Waals surface area contributed by atoms with Gasteiger partial charge >= 0.3 is 6.18 Å². The van der Waals surface area contributed by atoms with E-state index in [1.165, 1.54) is 11.4 Å². The first-order valence-electron chi connectivity index (χ1n) is 8.16. The highest BCUT2D eigenvalue weighted by molar-refractivity contribution is 7.92. The molecule has 10 heteroatoms. The van der Waals surface area contributed by atoms with Crippen LogP contribution in [0, 0.1) is 5.41 Å². The number of hydrogen-bond acceptors (Lipinski definition) is 4. The van der Waals surface area contributed by atoms with Crippen molar-refractivity contribution >= 4 is 22.0 Å². The fourth-order valence-electron chi connectivity index (χ4n) is 3.17. The van der Waals surface area contributed by atoms with Gasteiger partial charge in [0.05, 0.1) is 22.5 Å². The molecule has 1 amide bonds. The Hall–Kier alpha value is -1.94. The summed E-state index contributed by atoms with van der Waals surface area (Å²) in [6.45, 7) is 0.0181. The van der Waals surface area contributed by atoms with E-state index in [0.29, 0.717) is 12.8 Å². The minimum atomic E-state index is -4.77. The molecule has 1 heterocycles. The Bertz CT molecular complexity index is 835. The monoisotopic (exact) mass is 390 g/mol. The molecule has 1 aliphatic heterocycles. The normalized spacial score (nSPS) is 24.9. The van der Waals surface area contributed by atoms with Gasteiger partial charge in [0.1, 0.15) is 5.25 Å². The summed E-state index contributed by atoms with van der Waals surface area (Å²) in [7, 11) is -4.23. The molecular weight excluding hydrogens is 371 g/mol. The second-order valence-corrected chi connectivity index (χ2v) is 8.96. The van der Waals surface area contributed by atoms with Crippen LogP contribution in [0.15, 0.2) is 29.2 Å². The molecule has 1 aromatic rings. The molecular formula is C16H19F3N3O3S+. The van der Waals surface area contributed by atoms with Crippen molar-refractivity contribution < 1.29 is 31.7 Å². The molecule has 0 radical (unpaired) electrons. The number of quaternary nitrogens is 1. The summed E-state index contributed by atoms with van der Waals surface area (Å²) in [5, 5.41) is 10.5. The molecule has 1 saturated heterocycles. The number of rotatable bonds is 5. The molecule has 6 nitrogen and oxygen atoms in total. The molecule has 0 unspecified atom stereocenters. The van der Waals surface area contributed by atoms with Gasteiger partial charge in [-0.3, -0.25) is 4.79 Å². The van der Waals surface area contributed by atoms with Crippen molar-refractivity contribution in [3.05, 3.63) is 29.8 Å². The Kier molecular flexibility index (Phi) is 4.60. The first-order chi connectivity index (χ1) is 12.1. The first-order valence-corrected chi connectivity index (χ1v) is 9.71. The number of carbonyl (C=O) groups excluding carboxylic acids is 1. The molecule has 2 atom stereocenters. The molecule has 142 valence electrons. The van der Waals surface area contributed by atoms with Crippen molar-refractivity contribution in [2.45, 2.75) is 47.2 Å². The number of sulfone groups is 1. The molecule has 0 bridgehead atoms. The summed E-state index contributed by atoms with van der Waals surface area (Å²) < 4.78 is 64.9. The van der Waals surface area contributed by atoms with Gasteiger partial charge in [-0.2, -0.15) is 13.2 Å². The first kappa shape index (κ1) is 18.8. The summed E-state index contributed by atoms with van der Waals surface area (Å²) in [5.74, 6) is -0.382. The zero-order chi connectivity index (χ0) is 19.2. The quantitative estimate of drug-likeness (QED) is 0.637. The van der Waals surface area contributed by atoms with Gasteiger partial charge in [0.25, 0.3) is 5.91 Å². The van der Waals surface area contributed by atoms with E-state index >= 15 is 0 Å². The Morgan fingerprint density at radius 1 is 1.31 bits per heavy atom. The highest BCUT2D eigenvalue weighted by Crippen LogP contribution is 2.36. The standard InChI is InChI=1S/C16H18F3N3O3S/c17-16(18,19)11-3-1-2-4-13(11)26(24,25)10-7-12(21-8-10)14(23)22-15(9-20)5-6-15/h1-4,9-10,12,20-21H,5-8H2,(H,22,23)/p+1/t10-,12+/m1/s1. The number of alkyl halides is 3. The van der Waals surface area contributed by atoms with Crippen LogP contribution in [0.2, 0.25) is 0 Å². The lowest BCUT2D eigenvalue weighted by Crippen LogP contribution is -2.90. The maximum Gasteiger partial charge on any atom is 0.417 e. The summed E-state index contributed by atoms with van der Waals surface area (Å²) in [6, 6.07) is 3.42. The number of halogens is 3. The van der Waals surface area contributed by atoms with Gasteiger partial charge in [-0.1, -0.05) is 12.1 Å². The average Bonchev–Trinajstić information content (AvgIpc) is 3.17. The van der Waals surface area contributed by atoms with Crippen LogP contribution >= 0.6 is 0 Å². The van der Waals surface area contributed by atoms with Crippen molar-refractivity contribution in [1.82, 2.24) is 5.32 Å². The van der Waals surface area contributed by atoms with Crippen LogP contribution in [-0.4, -0.2) is 43.9 Å². The van der Waals surface area contributed by atoms with E-state index < -0.39 is 43.3 Å². The van der Waals surface area contributed by atoms with Gasteiger partial charge in [0.15, 0.2) is 15.9 Å². The number of carbonyl (C=O) groups is 1. The van der Waals surface area contributed by atoms with Crippen LogP contribution in [0.5, 0.6) is 0 Å². The topological polar surface area (TPSA) is 104 Å². The Balaban J connectivity index is 1.78. The molecule has 1 saturated carbocycles. The number of benzene rings is 1. The van der Waals surface area contributed by atoms with Crippen LogP contribution in [0.4, 0.5) is 13.2 Å². The van der Waals surface area contributed by atoms with E-state index in [2.05, 4.69) is 5.32 Å². The molecule has 1 aliphatic carbocycles. The van der Waals surface area contributed by atoms with Crippen LogP contribution in [-0.2, 0) is 20.8 Å². The fourth-order valence-corrected chi connectivity index (χ4v) is 5.11. The number of nitrogens with two attached hydrogens (primary N) is 1. The van der Waals surface area contributed by atoms with Gasteiger partial charge in [-0.05, 0) is 25.0 Å². The third-order valence-electron chi connectivity index (χ3n) is 4.91. The lowest BCUT2D eigenvalue weighted by molar-refractivity contribution is -0.657. The lowest BCUT2D eigenvalue weighted by Gasteiger charge is -2.16. The van der Waals surface area contributed by atoms with Crippen molar-refractivity contribution in [3.8, 4) is 0 Å². The van der Waals surface area contributed by atoms with Crippen LogP contribution in [0.25, 0.3) is 0 Å². The molecule has 2 fully saturated rings. The summed E-state index contributed by atoms with van der Waals surface area (Å²) >= 11 is 0. The molecule has 3 rings (SSSR count). The van der Waals surface area contributed by atoms with E-state index in [1.807, 2.05) is 0 Å². The van der Waals surface area contributed by atoms with Gasteiger partial charge in [-0.15, -0.1) is 0 Å². The molecule has 1 aromatic carbocycles. The zero-order valence-corrected chi connectivity index (χ0v) is 14.5. The van der Waals surface area contributed by atoms with Crippen LogP contribution < -0.4 is 10.6 Å². The second kappa shape index (κ2) is 6.34. The van der Waals surface area contributed by atoms with Gasteiger partial charge in [0.2, 0.25) is 0 Å². The number of nitrogens with one attached hydrogen (secondary N) is 2. The second-order valence-electron chi connectivity index (χ2n) is 6.76. The third-order valence-corrected chi connectivity index (χ3v) is 7.14. The number of amides is 1. The highest BCUT2D eigenvalue weighted by atomic mass is 32.2. The minimum absolute atomic E-state index is 0.0181. The molecule has 2 aliphatic rings. The summed E-state index contributed by atoms with van der Waals surface area (Å²) in [5.41, 5.74) is -1.82. The van der Waals surface area contributed by atoms with Gasteiger partial charge in [0, 0.05) is 12.6 Å². The highest BCUT2D eigenvalue weighted by Gasteiger charge is 2.48. The summed E-state index contributed by atoms with van der Waals surface area (Å²) in [6.07, 6.45) is -2.35. The largest absolute Gasteiger partial charge is 0.417 e. The predicted octanol–water partition coefficient (Wildman–Crippen LogP) is 0.482. The average molecular weight is 390 g/mol. The van der Waals surface area contributed by atoms with E-state index in [4.69, 9.17) is 5.41 Å². The minimum Gasteiger partial charge on any atom is -0.341 e. The van der Waals surface area contributed by atoms with Crippen molar-refractivity contribution in [3.63, 3.8) is 0 Å². The SMILES string of the molecule is N=CC1(NC(=O)[C@@H]2C[C@@H](S(=O)(=O)c3ccccc3C(F)(F)F)C[NH2+]2)CC1. The Morgan fingerprint density at radius 3 is 2.54 bits per heavy atom. The van der Waals surface area contributed by atoms with Crippen LogP contribution in [0.3, 0.4) is 0 Å². The molecule has 0 aromatic heterocycles. The molecule has 26 heavy (non-hydrogen) atoms. The van der Waals surface area contributed by atoms with Gasteiger partial charge < -0.3 is 16.0 Å². The predicted molar refractivity (Wildman–Crippen MR) is 86.5 cm³/mol. The summed E-state index contributed by atoms with van der Waals surface area (Å²) in [4.78, 5) is 11.5. The van der Waals surface area contributed by atoms with Crippen molar-refractivity contribution in [2.75, 3.05) is 6.54 Å². The van der Waals surface area contributed by atoms with E-state index in [1.54, 1.807) is 0 Å². The van der Waals surface area contributed by atoms with E-state index in [9.17, 15) is 26.4 Å². The van der Waals surface area contributed by atoms with Crippen molar-refractivity contribution in [2.24, 2.45) is 0 Å². The molecule has 4 N–H and O–H groups in total. The fraction of sp³-hybridized carbons (Fsp3) is 0.500. The third kappa shape index (κ3) is 3.48. The molecule has 0 spiro atoms. The van der Waals surface area contributed by atoms with Gasteiger partial charge in [-0.25, -0.2) is 8.42 Å². The Morgan fingerprint density at radius 2 is 1.96 bits per heavy atom. The van der Waals surface area contributed by atoms with Crippen LogP contribution in [0.1, 0.15) is 24.8 Å². The van der Waals surface area contributed by atoms with E-state index in [-0.39, 0.29) is 18.9 Å². The van der Waals surface area contributed by atoms with E-state index in [0.717, 1.165) is 24.4 Å². The lowest BCUT2D eigenvalue weighted by atomic mass is 10.2. The number of hydrogen-bond donors (Lipinski definition) is 3. The maximum atomic E-state index is 13.1. The van der Waals surface area contributed by atoms with Crippen molar-refractivity contribution in [1.29, 1.82) is 5.41 Å².